The maximum Gasteiger partial charge on any atom is 0.270 e. The van der Waals surface area contributed by atoms with Gasteiger partial charge in [0.05, 0.1) is 6.42 Å². The maximum atomic E-state index is 12.4. The van der Waals surface area contributed by atoms with E-state index in [4.69, 9.17) is 0 Å². The third-order valence-corrected chi connectivity index (χ3v) is 4.16. The van der Waals surface area contributed by atoms with E-state index in [2.05, 4.69) is 4.98 Å². The molecule has 5 heteroatoms. The topological polar surface area (TPSA) is 56.4 Å². The fourth-order valence-corrected chi connectivity index (χ4v) is 2.89. The monoisotopic (exact) mass is 311 g/mol. The van der Waals surface area contributed by atoms with Crippen molar-refractivity contribution in [2.24, 2.45) is 0 Å². The van der Waals surface area contributed by atoms with E-state index < -0.39 is 0 Å². The highest BCUT2D eigenvalue weighted by atomic mass is 16.2. The van der Waals surface area contributed by atoms with Crippen LogP contribution in [0.15, 0.2) is 48.7 Å². The SMILES string of the molecule is O=C(Cc1ccccc1)N1CCCN(C(=O)c2ccc[nH]2)CC1. The van der Waals surface area contributed by atoms with Gasteiger partial charge >= 0.3 is 0 Å². The van der Waals surface area contributed by atoms with Crippen molar-refractivity contribution >= 4 is 11.8 Å². The number of amides is 2. The highest BCUT2D eigenvalue weighted by Crippen LogP contribution is 2.10. The Labute approximate surface area is 135 Å². The van der Waals surface area contributed by atoms with Crippen molar-refractivity contribution in [3.63, 3.8) is 0 Å². The summed E-state index contributed by atoms with van der Waals surface area (Å²) in [6, 6.07) is 13.4. The van der Waals surface area contributed by atoms with Crippen LogP contribution < -0.4 is 0 Å². The smallest absolute Gasteiger partial charge is 0.270 e. The minimum atomic E-state index is 0.00681. The lowest BCUT2D eigenvalue weighted by Crippen LogP contribution is -2.38. The van der Waals surface area contributed by atoms with E-state index in [0.29, 0.717) is 38.3 Å². The van der Waals surface area contributed by atoms with Crippen LogP contribution in [0.1, 0.15) is 22.5 Å². The highest BCUT2D eigenvalue weighted by Gasteiger charge is 2.23. The van der Waals surface area contributed by atoms with Gasteiger partial charge < -0.3 is 14.8 Å². The summed E-state index contributed by atoms with van der Waals surface area (Å²) in [5, 5.41) is 0. The molecule has 2 aromatic rings. The van der Waals surface area contributed by atoms with E-state index in [0.717, 1.165) is 12.0 Å². The molecule has 23 heavy (non-hydrogen) atoms. The summed E-state index contributed by atoms with van der Waals surface area (Å²) in [4.78, 5) is 31.5. The Morgan fingerprint density at radius 3 is 2.39 bits per heavy atom. The summed E-state index contributed by atoms with van der Waals surface area (Å²) in [5.74, 6) is 0.137. The van der Waals surface area contributed by atoms with Gasteiger partial charge in [-0.1, -0.05) is 30.3 Å². The van der Waals surface area contributed by atoms with Crippen LogP contribution in [-0.2, 0) is 11.2 Å². The van der Waals surface area contributed by atoms with Gasteiger partial charge in [0.2, 0.25) is 5.91 Å². The number of rotatable bonds is 3. The Morgan fingerprint density at radius 2 is 1.65 bits per heavy atom. The van der Waals surface area contributed by atoms with Crippen molar-refractivity contribution in [3.8, 4) is 0 Å². The molecule has 1 fully saturated rings. The molecule has 1 N–H and O–H groups in total. The first-order chi connectivity index (χ1) is 11.2. The zero-order chi connectivity index (χ0) is 16.1. The fourth-order valence-electron chi connectivity index (χ4n) is 2.89. The Bertz CT molecular complexity index is 652. The third-order valence-electron chi connectivity index (χ3n) is 4.16. The molecule has 1 aromatic heterocycles. The van der Waals surface area contributed by atoms with Crippen LogP contribution in [0.2, 0.25) is 0 Å². The van der Waals surface area contributed by atoms with E-state index in [1.54, 1.807) is 12.3 Å². The molecule has 0 radical (unpaired) electrons. The van der Waals surface area contributed by atoms with Crippen LogP contribution in [0.5, 0.6) is 0 Å². The molecule has 0 unspecified atom stereocenters. The van der Waals surface area contributed by atoms with E-state index in [1.165, 1.54) is 0 Å². The maximum absolute atomic E-state index is 12.4. The second-order valence-corrected chi connectivity index (χ2v) is 5.77. The average Bonchev–Trinajstić information content (AvgIpc) is 2.99. The Balaban J connectivity index is 1.58. The van der Waals surface area contributed by atoms with Crippen molar-refractivity contribution in [2.45, 2.75) is 12.8 Å². The molecule has 5 nitrogen and oxygen atoms in total. The van der Waals surface area contributed by atoms with Crippen molar-refractivity contribution in [3.05, 3.63) is 59.9 Å². The number of hydrogen-bond donors (Lipinski definition) is 1. The summed E-state index contributed by atoms with van der Waals surface area (Å²) in [6.07, 6.45) is 2.99. The van der Waals surface area contributed by atoms with E-state index >= 15 is 0 Å². The van der Waals surface area contributed by atoms with Gasteiger partial charge in [-0.25, -0.2) is 0 Å². The summed E-state index contributed by atoms with van der Waals surface area (Å²) < 4.78 is 0. The number of nitrogens with zero attached hydrogens (tertiary/aromatic N) is 2. The quantitative estimate of drug-likeness (QED) is 0.941. The Morgan fingerprint density at radius 1 is 0.913 bits per heavy atom. The normalized spacial score (nSPS) is 15.3. The van der Waals surface area contributed by atoms with Gasteiger partial charge in [-0.15, -0.1) is 0 Å². The number of carbonyl (C=O) groups excluding carboxylic acids is 2. The lowest BCUT2D eigenvalue weighted by molar-refractivity contribution is -0.130. The highest BCUT2D eigenvalue weighted by molar-refractivity contribution is 5.92. The van der Waals surface area contributed by atoms with Crippen LogP contribution in [0.25, 0.3) is 0 Å². The predicted octanol–water partition coefficient (Wildman–Crippen LogP) is 1.93. The van der Waals surface area contributed by atoms with Crippen molar-refractivity contribution in [1.82, 2.24) is 14.8 Å². The summed E-state index contributed by atoms with van der Waals surface area (Å²) in [6.45, 7) is 2.57. The molecule has 1 aliphatic rings. The van der Waals surface area contributed by atoms with Gasteiger partial charge in [-0.2, -0.15) is 0 Å². The standard InChI is InChI=1S/C18H21N3O2/c22-17(14-15-6-2-1-3-7-15)20-10-5-11-21(13-12-20)18(23)16-8-4-9-19-16/h1-4,6-9,19H,5,10-14H2. The van der Waals surface area contributed by atoms with E-state index in [9.17, 15) is 9.59 Å². The van der Waals surface area contributed by atoms with Crippen LogP contribution in [0.3, 0.4) is 0 Å². The molecular formula is C18H21N3O2. The first-order valence-corrected chi connectivity index (χ1v) is 7.98. The molecule has 120 valence electrons. The second kappa shape index (κ2) is 7.13. The zero-order valence-electron chi connectivity index (χ0n) is 13.1. The largest absolute Gasteiger partial charge is 0.357 e. The fraction of sp³-hybridized carbons (Fsp3) is 0.333. The van der Waals surface area contributed by atoms with Gasteiger partial charge in [0.1, 0.15) is 5.69 Å². The average molecular weight is 311 g/mol. The number of aromatic nitrogens is 1. The number of H-pyrrole nitrogens is 1. The van der Waals surface area contributed by atoms with Crippen LogP contribution in [-0.4, -0.2) is 52.8 Å². The van der Waals surface area contributed by atoms with Crippen LogP contribution >= 0.6 is 0 Å². The number of benzene rings is 1. The third kappa shape index (κ3) is 3.80. The first kappa shape index (κ1) is 15.3. The summed E-state index contributed by atoms with van der Waals surface area (Å²) in [7, 11) is 0. The van der Waals surface area contributed by atoms with Crippen LogP contribution in [0.4, 0.5) is 0 Å². The van der Waals surface area contributed by atoms with Crippen molar-refractivity contribution in [1.29, 1.82) is 0 Å². The second-order valence-electron chi connectivity index (χ2n) is 5.77. The molecule has 1 aromatic carbocycles. The first-order valence-electron chi connectivity index (χ1n) is 7.98. The molecule has 0 atom stereocenters. The lowest BCUT2D eigenvalue weighted by Gasteiger charge is -2.22. The minimum Gasteiger partial charge on any atom is -0.357 e. The molecule has 2 heterocycles. The molecule has 2 amide bonds. The Kier molecular flexibility index (Phi) is 4.76. The number of carbonyl (C=O) groups is 2. The van der Waals surface area contributed by atoms with Crippen molar-refractivity contribution < 1.29 is 9.59 Å². The van der Waals surface area contributed by atoms with Gasteiger partial charge in [0.15, 0.2) is 0 Å². The predicted molar refractivity (Wildman–Crippen MR) is 88.0 cm³/mol. The Hall–Kier alpha value is -2.56. The molecule has 0 aliphatic carbocycles. The molecule has 1 saturated heterocycles. The summed E-state index contributed by atoms with van der Waals surface area (Å²) >= 11 is 0. The number of aromatic amines is 1. The number of hydrogen-bond acceptors (Lipinski definition) is 2. The van der Waals surface area contributed by atoms with Gasteiger partial charge in [-0.05, 0) is 24.1 Å². The zero-order valence-corrected chi connectivity index (χ0v) is 13.1. The van der Waals surface area contributed by atoms with Gasteiger partial charge in [-0.3, -0.25) is 9.59 Å². The molecule has 1 aliphatic heterocycles. The van der Waals surface area contributed by atoms with Crippen molar-refractivity contribution in [2.75, 3.05) is 26.2 Å². The molecule has 0 bridgehead atoms. The van der Waals surface area contributed by atoms with E-state index in [1.807, 2.05) is 46.2 Å². The number of nitrogens with one attached hydrogen (secondary N) is 1. The molecule has 0 saturated carbocycles. The minimum absolute atomic E-state index is 0.00681. The molecule has 3 rings (SSSR count). The van der Waals surface area contributed by atoms with Gasteiger partial charge in [0.25, 0.3) is 5.91 Å². The van der Waals surface area contributed by atoms with Crippen LogP contribution in [0, 0.1) is 0 Å². The molecule has 0 spiro atoms. The van der Waals surface area contributed by atoms with Gasteiger partial charge in [0, 0.05) is 32.4 Å². The summed E-state index contributed by atoms with van der Waals surface area (Å²) in [5.41, 5.74) is 1.63. The lowest BCUT2D eigenvalue weighted by atomic mass is 10.1. The van der Waals surface area contributed by atoms with E-state index in [-0.39, 0.29) is 11.8 Å². The molecular weight excluding hydrogens is 290 g/mol.